The third kappa shape index (κ3) is 2.94. The summed E-state index contributed by atoms with van der Waals surface area (Å²) in [6.07, 6.45) is 3.61. The van der Waals surface area contributed by atoms with E-state index in [1.165, 1.54) is 12.8 Å². The van der Waals surface area contributed by atoms with Gasteiger partial charge in [-0.05, 0) is 57.8 Å². The fraction of sp³-hybridized carbons (Fsp3) is 0.846. The van der Waals surface area contributed by atoms with E-state index in [0.717, 1.165) is 12.8 Å². The molecule has 2 saturated carbocycles. The number of carbonyl (C=O) groups excluding carboxylic acids is 1. The van der Waals surface area contributed by atoms with Crippen LogP contribution >= 0.6 is 0 Å². The van der Waals surface area contributed by atoms with Crippen molar-refractivity contribution in [1.82, 2.24) is 5.32 Å². The Bertz CT molecular complexity index is 360. The highest BCUT2D eigenvalue weighted by Crippen LogP contribution is 2.63. The number of nitrogens with one attached hydrogen (secondary N) is 1. The highest BCUT2D eigenvalue weighted by atomic mass is 16.6. The van der Waals surface area contributed by atoms with Crippen LogP contribution in [0.5, 0.6) is 0 Å². The van der Waals surface area contributed by atoms with Crippen LogP contribution in [0.1, 0.15) is 46.5 Å². The van der Waals surface area contributed by atoms with Crippen LogP contribution in [0.25, 0.3) is 0 Å². The quantitative estimate of drug-likeness (QED) is 0.810. The van der Waals surface area contributed by atoms with Crippen molar-refractivity contribution in [3.05, 3.63) is 0 Å². The third-order valence-corrected chi connectivity index (χ3v) is 3.76. The van der Waals surface area contributed by atoms with E-state index in [2.05, 4.69) is 5.32 Å². The average Bonchev–Trinajstić information content (AvgIpc) is 2.87. The van der Waals surface area contributed by atoms with Gasteiger partial charge in [-0.3, -0.25) is 0 Å². The maximum atomic E-state index is 11.6. The van der Waals surface area contributed by atoms with Crippen LogP contribution in [0.15, 0.2) is 0 Å². The fourth-order valence-corrected chi connectivity index (χ4v) is 2.69. The van der Waals surface area contributed by atoms with Crippen LogP contribution in [0.3, 0.4) is 0 Å². The second-order valence-corrected chi connectivity index (χ2v) is 6.63. The molecule has 2 N–H and O–H groups in total. The second kappa shape index (κ2) is 4.14. The van der Waals surface area contributed by atoms with Gasteiger partial charge < -0.3 is 15.2 Å². The summed E-state index contributed by atoms with van der Waals surface area (Å²) in [6, 6.07) is -0.814. The summed E-state index contributed by atoms with van der Waals surface area (Å²) in [6.45, 7) is 5.26. The predicted molar refractivity (Wildman–Crippen MR) is 65.2 cm³/mol. The van der Waals surface area contributed by atoms with Crippen molar-refractivity contribution < 1.29 is 19.4 Å². The number of carbonyl (C=O) groups is 2. The molecule has 2 fully saturated rings. The van der Waals surface area contributed by atoms with Crippen molar-refractivity contribution in [3.8, 4) is 0 Å². The molecule has 2 rings (SSSR count). The van der Waals surface area contributed by atoms with E-state index >= 15 is 0 Å². The molecular weight excluding hydrogens is 234 g/mol. The molecule has 1 amide bonds. The maximum absolute atomic E-state index is 11.6. The number of carboxylic acids is 1. The molecule has 0 heterocycles. The predicted octanol–water partition coefficient (Wildman–Crippen LogP) is 2.15. The van der Waals surface area contributed by atoms with Gasteiger partial charge >= 0.3 is 12.1 Å². The molecule has 0 saturated heterocycles. The molecule has 102 valence electrons. The van der Waals surface area contributed by atoms with Crippen molar-refractivity contribution in [2.75, 3.05) is 0 Å². The highest BCUT2D eigenvalue weighted by Gasteiger charge is 2.56. The molecule has 1 spiro atoms. The zero-order valence-electron chi connectivity index (χ0n) is 11.2. The first-order chi connectivity index (χ1) is 8.21. The zero-order chi connectivity index (χ0) is 13.6. The van der Waals surface area contributed by atoms with Gasteiger partial charge in [-0.1, -0.05) is 0 Å². The fourth-order valence-electron chi connectivity index (χ4n) is 2.69. The van der Waals surface area contributed by atoms with Gasteiger partial charge in [0.05, 0.1) is 0 Å². The van der Waals surface area contributed by atoms with E-state index in [4.69, 9.17) is 4.74 Å². The minimum atomic E-state index is -0.971. The molecule has 2 aliphatic rings. The number of alkyl carbamates (subject to hydrolysis) is 1. The minimum absolute atomic E-state index is 0.0533. The first-order valence-electron chi connectivity index (χ1n) is 6.43. The largest absolute Gasteiger partial charge is 0.480 e. The molecule has 18 heavy (non-hydrogen) atoms. The number of amides is 1. The van der Waals surface area contributed by atoms with Gasteiger partial charge in [-0.25, -0.2) is 9.59 Å². The standard InChI is InChI=1S/C13H21NO4/c1-12(2,3)18-11(17)14-9(10(15)16)8-6-13(7-8)4-5-13/h8-9H,4-7H2,1-3H3,(H,14,17)(H,15,16)/t9-/m0/s1. The summed E-state index contributed by atoms with van der Waals surface area (Å²) in [5, 5.41) is 11.7. The van der Waals surface area contributed by atoms with E-state index < -0.39 is 23.7 Å². The van der Waals surface area contributed by atoms with Crippen LogP contribution in [0, 0.1) is 11.3 Å². The first kappa shape index (κ1) is 13.2. The number of hydrogen-bond donors (Lipinski definition) is 2. The third-order valence-electron chi connectivity index (χ3n) is 3.76. The second-order valence-electron chi connectivity index (χ2n) is 6.63. The smallest absolute Gasteiger partial charge is 0.408 e. The first-order valence-corrected chi connectivity index (χ1v) is 6.43. The van der Waals surface area contributed by atoms with Gasteiger partial charge in [0.25, 0.3) is 0 Å². The lowest BCUT2D eigenvalue weighted by Gasteiger charge is -2.39. The zero-order valence-corrected chi connectivity index (χ0v) is 11.2. The lowest BCUT2D eigenvalue weighted by atomic mass is 9.68. The normalized spacial score (nSPS) is 23.1. The summed E-state index contributed by atoms with van der Waals surface area (Å²) in [4.78, 5) is 22.8. The molecule has 5 nitrogen and oxygen atoms in total. The number of rotatable bonds is 3. The number of aliphatic carboxylic acids is 1. The van der Waals surface area contributed by atoms with Crippen molar-refractivity contribution in [2.45, 2.75) is 58.1 Å². The highest BCUT2D eigenvalue weighted by molar-refractivity contribution is 5.80. The molecular formula is C13H21NO4. The lowest BCUT2D eigenvalue weighted by molar-refractivity contribution is -0.142. The van der Waals surface area contributed by atoms with Gasteiger partial charge in [0.1, 0.15) is 11.6 Å². The van der Waals surface area contributed by atoms with E-state index in [-0.39, 0.29) is 5.92 Å². The Morgan fingerprint density at radius 1 is 1.33 bits per heavy atom. The summed E-state index contributed by atoms with van der Waals surface area (Å²) in [5.74, 6) is -0.918. The van der Waals surface area contributed by atoms with Crippen LogP contribution < -0.4 is 5.32 Å². The van der Waals surface area contributed by atoms with E-state index in [9.17, 15) is 14.7 Å². The molecule has 0 unspecified atom stereocenters. The van der Waals surface area contributed by atoms with Crippen LogP contribution in [0.4, 0.5) is 4.79 Å². The molecule has 0 bridgehead atoms. The molecule has 2 aliphatic carbocycles. The average molecular weight is 255 g/mol. The van der Waals surface area contributed by atoms with Crippen molar-refractivity contribution in [3.63, 3.8) is 0 Å². The molecule has 1 atom stereocenters. The summed E-state index contributed by atoms with van der Waals surface area (Å²) >= 11 is 0. The number of hydrogen-bond acceptors (Lipinski definition) is 3. The molecule has 0 aromatic carbocycles. The van der Waals surface area contributed by atoms with E-state index in [1.807, 2.05) is 0 Å². The Morgan fingerprint density at radius 2 is 1.89 bits per heavy atom. The van der Waals surface area contributed by atoms with Gasteiger partial charge in [0.15, 0.2) is 0 Å². The van der Waals surface area contributed by atoms with Gasteiger partial charge in [-0.15, -0.1) is 0 Å². The Labute approximate surface area is 107 Å². The summed E-state index contributed by atoms with van der Waals surface area (Å²) < 4.78 is 5.09. The molecule has 0 aliphatic heterocycles. The summed E-state index contributed by atoms with van der Waals surface area (Å²) in [5.41, 5.74) is -0.182. The Balaban J connectivity index is 1.87. The van der Waals surface area contributed by atoms with Crippen molar-refractivity contribution in [1.29, 1.82) is 0 Å². The van der Waals surface area contributed by atoms with E-state index in [0.29, 0.717) is 5.41 Å². The lowest BCUT2D eigenvalue weighted by Crippen LogP contribution is -2.51. The molecule has 5 heteroatoms. The van der Waals surface area contributed by atoms with Gasteiger partial charge in [-0.2, -0.15) is 0 Å². The molecule has 0 radical (unpaired) electrons. The number of carboxylic acid groups (broad SMARTS) is 1. The minimum Gasteiger partial charge on any atom is -0.480 e. The Morgan fingerprint density at radius 3 is 2.28 bits per heavy atom. The Hall–Kier alpha value is -1.26. The summed E-state index contributed by atoms with van der Waals surface area (Å²) in [7, 11) is 0. The van der Waals surface area contributed by atoms with Crippen LogP contribution in [0.2, 0.25) is 0 Å². The topological polar surface area (TPSA) is 75.6 Å². The van der Waals surface area contributed by atoms with E-state index in [1.54, 1.807) is 20.8 Å². The SMILES string of the molecule is CC(C)(C)OC(=O)N[C@H](C(=O)O)C1CC2(CC2)C1. The molecule has 0 aromatic heterocycles. The Kier molecular flexibility index (Phi) is 3.03. The van der Waals surface area contributed by atoms with Gasteiger partial charge in [0, 0.05) is 0 Å². The van der Waals surface area contributed by atoms with Crippen molar-refractivity contribution in [2.24, 2.45) is 11.3 Å². The molecule has 0 aromatic rings. The van der Waals surface area contributed by atoms with Crippen LogP contribution in [-0.2, 0) is 9.53 Å². The monoisotopic (exact) mass is 255 g/mol. The number of ether oxygens (including phenoxy) is 1. The maximum Gasteiger partial charge on any atom is 0.408 e. The van der Waals surface area contributed by atoms with Gasteiger partial charge in [0.2, 0.25) is 0 Å². The van der Waals surface area contributed by atoms with Crippen molar-refractivity contribution >= 4 is 12.1 Å². The van der Waals surface area contributed by atoms with Crippen LogP contribution in [-0.4, -0.2) is 28.8 Å².